The first-order valence-electron chi connectivity index (χ1n) is 12.3. The predicted molar refractivity (Wildman–Crippen MR) is 155 cm³/mol. The topological polar surface area (TPSA) is 76.0 Å². The van der Waals surface area contributed by atoms with Gasteiger partial charge in [-0.25, -0.2) is 9.67 Å². The fourth-order valence-electron chi connectivity index (χ4n) is 5.02. The van der Waals surface area contributed by atoms with Gasteiger partial charge in [-0.3, -0.25) is 10.1 Å². The summed E-state index contributed by atoms with van der Waals surface area (Å²) >= 11 is 1.45. The van der Waals surface area contributed by atoms with Gasteiger partial charge in [-0.2, -0.15) is 5.10 Å². The summed E-state index contributed by atoms with van der Waals surface area (Å²) in [4.78, 5) is 18.9. The van der Waals surface area contributed by atoms with Gasteiger partial charge in [0.05, 0.1) is 16.3 Å². The van der Waals surface area contributed by atoms with E-state index in [1.807, 2.05) is 49.6 Å². The zero-order valence-corrected chi connectivity index (χ0v) is 22.9. The Morgan fingerprint density at radius 2 is 1.71 bits per heavy atom. The lowest BCUT2D eigenvalue weighted by atomic mass is 9.84. The summed E-state index contributed by atoms with van der Waals surface area (Å²) < 4.78 is 1.77. The molecule has 3 aromatic carbocycles. The molecule has 38 heavy (non-hydrogen) atoms. The van der Waals surface area contributed by atoms with E-state index in [1.54, 1.807) is 23.0 Å². The maximum absolute atomic E-state index is 11.4. The Labute approximate surface area is 225 Å². The summed E-state index contributed by atoms with van der Waals surface area (Å²) in [5, 5.41) is 18.2. The number of aromatic nitrogens is 1. The van der Waals surface area contributed by atoms with Crippen LogP contribution in [-0.2, 0) is 5.41 Å². The molecule has 0 N–H and O–H groups in total. The Morgan fingerprint density at radius 3 is 2.42 bits per heavy atom. The van der Waals surface area contributed by atoms with E-state index in [2.05, 4.69) is 50.1 Å². The van der Waals surface area contributed by atoms with Gasteiger partial charge in [0.25, 0.3) is 5.69 Å². The van der Waals surface area contributed by atoms with Crippen LogP contribution >= 0.6 is 11.3 Å². The molecule has 5 rings (SSSR count). The second kappa shape index (κ2) is 9.87. The van der Waals surface area contributed by atoms with E-state index in [1.165, 1.54) is 28.7 Å². The lowest BCUT2D eigenvalue weighted by Gasteiger charge is -2.23. The van der Waals surface area contributed by atoms with Crippen molar-refractivity contribution in [2.75, 3.05) is 11.9 Å². The quantitative estimate of drug-likeness (QED) is 0.159. The van der Waals surface area contributed by atoms with Gasteiger partial charge in [-0.1, -0.05) is 62.4 Å². The molecule has 7 nitrogen and oxygen atoms in total. The average molecular weight is 524 g/mol. The van der Waals surface area contributed by atoms with Gasteiger partial charge in [-0.05, 0) is 42.7 Å². The second-order valence-corrected chi connectivity index (χ2v) is 10.7. The van der Waals surface area contributed by atoms with Crippen molar-refractivity contribution in [2.45, 2.75) is 33.1 Å². The second-order valence-electron chi connectivity index (χ2n) is 9.89. The molecule has 4 aromatic rings. The van der Waals surface area contributed by atoms with E-state index in [9.17, 15) is 10.1 Å². The molecular formula is C30H29N5O2S. The van der Waals surface area contributed by atoms with Crippen LogP contribution in [0.2, 0.25) is 0 Å². The van der Waals surface area contributed by atoms with Gasteiger partial charge in [0, 0.05) is 53.1 Å². The molecule has 0 radical (unpaired) electrons. The zero-order valence-electron chi connectivity index (χ0n) is 22.0. The largest absolute Gasteiger partial charge is 0.347 e. The van der Waals surface area contributed by atoms with E-state index >= 15 is 0 Å². The fourth-order valence-corrected chi connectivity index (χ4v) is 5.86. The van der Waals surface area contributed by atoms with Gasteiger partial charge in [0.1, 0.15) is 0 Å². The molecule has 0 saturated carbocycles. The van der Waals surface area contributed by atoms with Crippen molar-refractivity contribution in [2.24, 2.45) is 10.1 Å². The van der Waals surface area contributed by atoms with Crippen LogP contribution in [0.15, 0.2) is 94.0 Å². The number of nitro groups is 1. The van der Waals surface area contributed by atoms with Crippen LogP contribution in [0.1, 0.15) is 30.5 Å². The smallest absolute Gasteiger partial charge is 0.270 e. The van der Waals surface area contributed by atoms with Gasteiger partial charge in [-0.15, -0.1) is 11.3 Å². The molecule has 0 bridgehead atoms. The van der Waals surface area contributed by atoms with Crippen molar-refractivity contribution in [3.05, 3.63) is 115 Å². The fraction of sp³-hybridized carbons (Fsp3) is 0.200. The third kappa shape index (κ3) is 4.48. The van der Waals surface area contributed by atoms with Crippen molar-refractivity contribution in [3.8, 4) is 11.3 Å². The number of anilines is 1. The molecule has 0 atom stereocenters. The average Bonchev–Trinajstić information content (AvgIpc) is 3.38. The summed E-state index contributed by atoms with van der Waals surface area (Å²) in [6.07, 6.45) is 3.82. The Kier molecular flexibility index (Phi) is 6.59. The van der Waals surface area contributed by atoms with Crippen LogP contribution in [0.4, 0.5) is 17.1 Å². The molecule has 0 saturated heterocycles. The van der Waals surface area contributed by atoms with Crippen LogP contribution in [0.25, 0.3) is 11.3 Å². The zero-order chi connectivity index (χ0) is 27.0. The molecule has 192 valence electrons. The molecule has 0 spiro atoms. The molecule has 1 aliphatic rings. The summed E-state index contributed by atoms with van der Waals surface area (Å²) in [6.45, 7) is 8.50. The number of aryl methyl sites for hydroxylation is 2. The predicted octanol–water partition coefficient (Wildman–Crippen LogP) is 7.12. The third-order valence-electron chi connectivity index (χ3n) is 7.04. The lowest BCUT2D eigenvalue weighted by molar-refractivity contribution is -0.384. The molecule has 0 fully saturated rings. The van der Waals surface area contributed by atoms with Crippen LogP contribution in [0, 0.1) is 24.0 Å². The van der Waals surface area contributed by atoms with Crippen molar-refractivity contribution in [3.63, 3.8) is 0 Å². The molecular weight excluding hydrogens is 494 g/mol. The number of fused-ring (bicyclic) bond motifs is 1. The van der Waals surface area contributed by atoms with Crippen molar-refractivity contribution >= 4 is 34.6 Å². The number of hydrogen-bond donors (Lipinski definition) is 0. The van der Waals surface area contributed by atoms with Gasteiger partial charge in [0.15, 0.2) is 0 Å². The highest BCUT2D eigenvalue weighted by atomic mass is 32.1. The van der Waals surface area contributed by atoms with Crippen LogP contribution < -0.4 is 9.70 Å². The molecule has 0 amide bonds. The number of benzene rings is 3. The van der Waals surface area contributed by atoms with Gasteiger partial charge >= 0.3 is 0 Å². The number of likely N-dealkylation sites (N-methyl/N-ethyl adjacent to an activating group) is 1. The Balaban J connectivity index is 1.64. The van der Waals surface area contributed by atoms with E-state index < -0.39 is 0 Å². The number of non-ortho nitro benzene ring substituents is 1. The van der Waals surface area contributed by atoms with Crippen molar-refractivity contribution < 1.29 is 4.92 Å². The minimum atomic E-state index is -0.383. The maximum atomic E-state index is 11.4. The van der Waals surface area contributed by atoms with Gasteiger partial charge < -0.3 is 4.90 Å². The third-order valence-corrected chi connectivity index (χ3v) is 7.86. The van der Waals surface area contributed by atoms with Gasteiger partial charge in [0.2, 0.25) is 4.80 Å². The number of rotatable bonds is 5. The number of allylic oxidation sites excluding steroid dienone is 2. The molecule has 0 aliphatic carbocycles. The SMILES string of the molecule is Cc1cccc(C)c1N=c1scc(-c2cccc([N+](=O)[O-])c2)n1N=CC=C1N(C)c2ccccc2C1(C)C. The minimum Gasteiger partial charge on any atom is -0.347 e. The first kappa shape index (κ1) is 25.4. The molecule has 1 aliphatic heterocycles. The highest BCUT2D eigenvalue weighted by Crippen LogP contribution is 2.46. The summed E-state index contributed by atoms with van der Waals surface area (Å²) in [6, 6.07) is 21.1. The number of nitro benzene ring substituents is 1. The van der Waals surface area contributed by atoms with Crippen LogP contribution in [0.5, 0.6) is 0 Å². The van der Waals surface area contributed by atoms with E-state index in [4.69, 9.17) is 10.1 Å². The molecule has 2 heterocycles. The summed E-state index contributed by atoms with van der Waals surface area (Å²) in [7, 11) is 2.07. The standard InChI is InChI=1S/C30H29N5O2S/c1-20-10-8-11-21(2)28(20)32-29-34(26(19-38-29)22-12-9-13-23(18-22)35(36)37)31-17-16-27-30(3,4)24-14-6-7-15-25(24)33(27)5/h6-19H,1-5H3. The minimum absolute atomic E-state index is 0.0340. The number of para-hydroxylation sites is 2. The first-order chi connectivity index (χ1) is 18.2. The number of hydrogen-bond acceptors (Lipinski definition) is 6. The normalized spacial score (nSPS) is 16.0. The first-order valence-corrected chi connectivity index (χ1v) is 13.2. The molecule has 1 aromatic heterocycles. The Morgan fingerprint density at radius 1 is 1.00 bits per heavy atom. The molecule has 0 unspecified atom stereocenters. The number of thiazole rings is 1. The van der Waals surface area contributed by atoms with Crippen molar-refractivity contribution in [1.82, 2.24) is 4.68 Å². The monoisotopic (exact) mass is 523 g/mol. The summed E-state index contributed by atoms with van der Waals surface area (Å²) in [5.74, 6) is 0. The van der Waals surface area contributed by atoms with Crippen molar-refractivity contribution in [1.29, 1.82) is 0 Å². The Hall–Kier alpha value is -4.30. The molecule has 8 heteroatoms. The highest BCUT2D eigenvalue weighted by Gasteiger charge is 2.37. The van der Waals surface area contributed by atoms with Crippen LogP contribution in [0.3, 0.4) is 0 Å². The van der Waals surface area contributed by atoms with E-state index in [0.717, 1.165) is 28.2 Å². The highest BCUT2D eigenvalue weighted by molar-refractivity contribution is 7.07. The summed E-state index contributed by atoms with van der Waals surface area (Å²) in [5.41, 5.74) is 7.92. The maximum Gasteiger partial charge on any atom is 0.270 e. The number of nitrogens with zero attached hydrogens (tertiary/aromatic N) is 5. The lowest BCUT2D eigenvalue weighted by Crippen LogP contribution is -2.23. The van der Waals surface area contributed by atoms with Crippen LogP contribution in [-0.4, -0.2) is 22.9 Å². The van der Waals surface area contributed by atoms with E-state index in [0.29, 0.717) is 10.4 Å². The van der Waals surface area contributed by atoms with E-state index in [-0.39, 0.29) is 16.0 Å². The Bertz CT molecular complexity index is 1660.